The summed E-state index contributed by atoms with van der Waals surface area (Å²) in [6.07, 6.45) is 1.70. The third-order valence-electron chi connectivity index (χ3n) is 3.91. The molecule has 130 valence electrons. The third kappa shape index (κ3) is 3.29. The van der Waals surface area contributed by atoms with Gasteiger partial charge in [-0.05, 0) is 18.1 Å². The van der Waals surface area contributed by atoms with Crippen LogP contribution in [0.1, 0.15) is 17.3 Å². The summed E-state index contributed by atoms with van der Waals surface area (Å²) in [6.45, 7) is 1.45. The first-order chi connectivity index (χ1) is 11.4. The van der Waals surface area contributed by atoms with Gasteiger partial charge in [0.2, 0.25) is 5.91 Å². The first kappa shape index (κ1) is 18.4. The lowest BCUT2D eigenvalue weighted by Crippen LogP contribution is -2.26. The van der Waals surface area contributed by atoms with Gasteiger partial charge >= 0.3 is 13.6 Å². The van der Waals surface area contributed by atoms with Gasteiger partial charge in [-0.25, -0.2) is 0 Å². The Morgan fingerprint density at radius 1 is 1.17 bits per heavy atom. The van der Waals surface area contributed by atoms with E-state index >= 15 is 0 Å². The van der Waals surface area contributed by atoms with Crippen molar-refractivity contribution in [2.45, 2.75) is 19.0 Å². The molecule has 8 heteroatoms. The Balaban J connectivity index is 2.54. The molecule has 0 aliphatic rings. The maximum absolute atomic E-state index is 12.7. The standard InChI is InChI=1S/C16H20NO6P/c1-11(18)17-10-12(13-7-5-6-8-14(13)17)9-15(16(19)21-2)24(20,22-3)23-4/h5-8,10,15H,9H2,1-4H3. The van der Waals surface area contributed by atoms with Crippen molar-refractivity contribution >= 4 is 30.4 Å². The van der Waals surface area contributed by atoms with Gasteiger partial charge in [-0.2, -0.15) is 0 Å². The van der Waals surface area contributed by atoms with Crippen LogP contribution in [0.4, 0.5) is 0 Å². The summed E-state index contributed by atoms with van der Waals surface area (Å²) >= 11 is 0. The van der Waals surface area contributed by atoms with Crippen LogP contribution < -0.4 is 0 Å². The van der Waals surface area contributed by atoms with Gasteiger partial charge in [0.15, 0.2) is 5.66 Å². The van der Waals surface area contributed by atoms with Crippen molar-refractivity contribution in [1.29, 1.82) is 0 Å². The van der Waals surface area contributed by atoms with Gasteiger partial charge in [0.25, 0.3) is 0 Å². The van der Waals surface area contributed by atoms with E-state index in [9.17, 15) is 14.2 Å². The lowest BCUT2D eigenvalue weighted by Gasteiger charge is -2.22. The smallest absolute Gasteiger partial charge is 0.344 e. The molecule has 0 amide bonds. The van der Waals surface area contributed by atoms with Crippen LogP contribution in [0.2, 0.25) is 0 Å². The van der Waals surface area contributed by atoms with Crippen LogP contribution >= 0.6 is 7.60 Å². The molecule has 1 heterocycles. The minimum Gasteiger partial charge on any atom is -0.468 e. The molecule has 0 saturated carbocycles. The molecule has 24 heavy (non-hydrogen) atoms. The minimum atomic E-state index is -3.69. The summed E-state index contributed by atoms with van der Waals surface area (Å²) in [7, 11) is -0.0359. The number of para-hydroxylation sites is 1. The SMILES string of the molecule is COC(=O)C(Cc1cn(C(C)=O)c2ccccc12)P(=O)(OC)OC. The van der Waals surface area contributed by atoms with Crippen molar-refractivity contribution < 1.29 is 27.9 Å². The summed E-state index contributed by atoms with van der Waals surface area (Å²) < 4.78 is 28.9. The molecule has 0 bridgehead atoms. The second-order valence-corrected chi connectivity index (χ2v) is 7.64. The zero-order chi connectivity index (χ0) is 17.9. The summed E-state index contributed by atoms with van der Waals surface area (Å²) in [4.78, 5) is 24.0. The molecule has 0 aliphatic carbocycles. The van der Waals surface area contributed by atoms with Crippen LogP contribution in [0.3, 0.4) is 0 Å². The second kappa shape index (κ2) is 7.30. The molecule has 7 nitrogen and oxygen atoms in total. The van der Waals surface area contributed by atoms with Crippen molar-refractivity contribution in [2.24, 2.45) is 0 Å². The summed E-state index contributed by atoms with van der Waals surface area (Å²) in [5.74, 6) is -0.851. The van der Waals surface area contributed by atoms with Gasteiger partial charge < -0.3 is 13.8 Å². The lowest BCUT2D eigenvalue weighted by molar-refractivity contribution is -0.140. The van der Waals surface area contributed by atoms with Gasteiger partial charge in [0.1, 0.15) is 0 Å². The number of nitrogens with zero attached hydrogens (tertiary/aromatic N) is 1. The fraction of sp³-hybridized carbons (Fsp3) is 0.375. The highest BCUT2D eigenvalue weighted by molar-refractivity contribution is 7.55. The fourth-order valence-electron chi connectivity index (χ4n) is 2.67. The van der Waals surface area contributed by atoms with Gasteiger partial charge in [0.05, 0.1) is 12.6 Å². The second-order valence-electron chi connectivity index (χ2n) is 5.21. The Morgan fingerprint density at radius 2 is 1.79 bits per heavy atom. The van der Waals surface area contributed by atoms with E-state index in [1.54, 1.807) is 12.3 Å². The molecule has 1 aromatic carbocycles. The zero-order valence-electron chi connectivity index (χ0n) is 14.0. The van der Waals surface area contributed by atoms with E-state index in [1.165, 1.54) is 32.8 Å². The molecule has 2 rings (SSSR count). The first-order valence-electron chi connectivity index (χ1n) is 7.26. The van der Waals surface area contributed by atoms with E-state index in [2.05, 4.69) is 0 Å². The Hall–Kier alpha value is -1.95. The average Bonchev–Trinajstić information content (AvgIpc) is 2.97. The van der Waals surface area contributed by atoms with Crippen molar-refractivity contribution in [3.8, 4) is 0 Å². The summed E-state index contributed by atoms with van der Waals surface area (Å²) in [6, 6.07) is 7.29. The quantitative estimate of drug-likeness (QED) is 0.586. The van der Waals surface area contributed by atoms with Crippen LogP contribution in [0.25, 0.3) is 10.9 Å². The Kier molecular flexibility index (Phi) is 5.59. The van der Waals surface area contributed by atoms with Crippen molar-refractivity contribution in [2.75, 3.05) is 21.3 Å². The molecule has 0 radical (unpaired) electrons. The molecular formula is C16H20NO6P. The van der Waals surface area contributed by atoms with Crippen LogP contribution in [-0.2, 0) is 29.6 Å². The van der Waals surface area contributed by atoms with E-state index in [1.807, 2.05) is 18.2 Å². The minimum absolute atomic E-state index is 0.0619. The summed E-state index contributed by atoms with van der Waals surface area (Å²) in [5.41, 5.74) is 0.280. The molecule has 1 aromatic heterocycles. The molecular weight excluding hydrogens is 333 g/mol. The predicted molar refractivity (Wildman–Crippen MR) is 89.4 cm³/mol. The van der Waals surface area contributed by atoms with E-state index < -0.39 is 19.2 Å². The molecule has 0 fully saturated rings. The maximum atomic E-state index is 12.7. The summed E-state index contributed by atoms with van der Waals surface area (Å²) in [5, 5.41) is 0.792. The van der Waals surface area contributed by atoms with E-state index in [0.717, 1.165) is 5.39 Å². The van der Waals surface area contributed by atoms with Crippen LogP contribution in [-0.4, -0.2) is 43.4 Å². The fourth-order valence-corrected chi connectivity index (χ4v) is 4.11. The highest BCUT2D eigenvalue weighted by Crippen LogP contribution is 2.53. The van der Waals surface area contributed by atoms with Crippen LogP contribution in [0.5, 0.6) is 0 Å². The zero-order valence-corrected chi connectivity index (χ0v) is 14.9. The highest BCUT2D eigenvalue weighted by Gasteiger charge is 2.41. The Bertz CT molecular complexity index is 804. The third-order valence-corrected chi connectivity index (χ3v) is 6.09. The van der Waals surface area contributed by atoms with Crippen molar-refractivity contribution in [1.82, 2.24) is 4.57 Å². The number of hydrogen-bond donors (Lipinski definition) is 0. The van der Waals surface area contributed by atoms with Crippen LogP contribution in [0, 0.1) is 0 Å². The molecule has 1 atom stereocenters. The molecule has 0 N–H and O–H groups in total. The normalized spacial score (nSPS) is 13.0. The molecule has 0 aliphatic heterocycles. The molecule has 0 spiro atoms. The molecule has 2 aromatic rings. The van der Waals surface area contributed by atoms with E-state index in [4.69, 9.17) is 13.8 Å². The van der Waals surface area contributed by atoms with Crippen molar-refractivity contribution in [3.05, 3.63) is 36.0 Å². The van der Waals surface area contributed by atoms with Crippen molar-refractivity contribution in [3.63, 3.8) is 0 Å². The van der Waals surface area contributed by atoms with Gasteiger partial charge in [-0.3, -0.25) is 18.7 Å². The lowest BCUT2D eigenvalue weighted by atomic mass is 10.1. The predicted octanol–water partition coefficient (Wildman–Crippen LogP) is 2.87. The number of carbonyl (C=O) groups excluding carboxylic acids is 2. The number of ether oxygens (including phenoxy) is 1. The number of aromatic nitrogens is 1. The van der Waals surface area contributed by atoms with Crippen LogP contribution in [0.15, 0.2) is 30.5 Å². The first-order valence-corrected chi connectivity index (χ1v) is 8.88. The molecule has 0 saturated heterocycles. The van der Waals surface area contributed by atoms with E-state index in [-0.39, 0.29) is 12.3 Å². The average molecular weight is 353 g/mol. The van der Waals surface area contributed by atoms with Gasteiger partial charge in [-0.15, -0.1) is 0 Å². The number of hydrogen-bond acceptors (Lipinski definition) is 6. The van der Waals surface area contributed by atoms with Gasteiger partial charge in [0, 0.05) is 32.7 Å². The Labute approximate surface area is 140 Å². The Morgan fingerprint density at radius 3 is 2.33 bits per heavy atom. The number of fused-ring (bicyclic) bond motifs is 1. The topological polar surface area (TPSA) is 83.8 Å². The number of esters is 1. The monoisotopic (exact) mass is 353 g/mol. The maximum Gasteiger partial charge on any atom is 0.344 e. The number of rotatable bonds is 6. The highest BCUT2D eigenvalue weighted by atomic mass is 31.2. The number of methoxy groups -OCH3 is 1. The van der Waals surface area contributed by atoms with Gasteiger partial charge in [-0.1, -0.05) is 18.2 Å². The van der Waals surface area contributed by atoms with E-state index in [0.29, 0.717) is 11.1 Å². The number of benzene rings is 1. The molecule has 1 unspecified atom stereocenters. The number of carbonyl (C=O) groups is 2. The largest absolute Gasteiger partial charge is 0.468 e.